The standard InChI is InChI=1S/C21H20FNOS/c22-14-7-8-20-19(10-14)17-5-2-6-18(17)21(23-20)13-3-1-4-15(9-13)24-16-11-25-12-16/h1-5,7-10,16-18,21,23H,6,11-12H2/t17-,18-,21-/m0/s1. The van der Waals surface area contributed by atoms with E-state index in [0.717, 1.165) is 34.9 Å². The van der Waals surface area contributed by atoms with Crippen molar-refractivity contribution < 1.29 is 9.13 Å². The van der Waals surface area contributed by atoms with Gasteiger partial charge < -0.3 is 10.1 Å². The molecule has 2 aliphatic heterocycles. The molecule has 2 aromatic carbocycles. The molecule has 0 radical (unpaired) electrons. The average molecular weight is 353 g/mol. The van der Waals surface area contributed by atoms with Gasteiger partial charge in [0, 0.05) is 23.1 Å². The summed E-state index contributed by atoms with van der Waals surface area (Å²) in [6.07, 6.45) is 5.84. The summed E-state index contributed by atoms with van der Waals surface area (Å²) >= 11 is 1.93. The lowest BCUT2D eigenvalue weighted by Gasteiger charge is -2.37. The number of thioether (sulfide) groups is 1. The first-order chi connectivity index (χ1) is 12.3. The van der Waals surface area contributed by atoms with Gasteiger partial charge in [0.15, 0.2) is 0 Å². The Morgan fingerprint density at radius 1 is 1.12 bits per heavy atom. The molecule has 1 N–H and O–H groups in total. The largest absolute Gasteiger partial charge is 0.489 e. The van der Waals surface area contributed by atoms with Crippen LogP contribution in [0.3, 0.4) is 0 Å². The summed E-state index contributed by atoms with van der Waals surface area (Å²) in [4.78, 5) is 0. The molecule has 0 amide bonds. The number of ether oxygens (including phenoxy) is 1. The summed E-state index contributed by atoms with van der Waals surface area (Å²) in [5, 5.41) is 3.65. The van der Waals surface area contributed by atoms with Crippen LogP contribution in [0.15, 0.2) is 54.6 Å². The third kappa shape index (κ3) is 2.73. The molecular formula is C21H20FNOS. The summed E-state index contributed by atoms with van der Waals surface area (Å²) in [5.74, 6) is 3.66. The Labute approximate surface area is 151 Å². The fourth-order valence-corrected chi connectivity index (χ4v) is 4.72. The summed E-state index contributed by atoms with van der Waals surface area (Å²) in [6.45, 7) is 0. The quantitative estimate of drug-likeness (QED) is 0.772. The van der Waals surface area contributed by atoms with E-state index in [9.17, 15) is 4.39 Å². The van der Waals surface area contributed by atoms with Gasteiger partial charge in [0.1, 0.15) is 17.7 Å². The van der Waals surface area contributed by atoms with Gasteiger partial charge in [0.05, 0.1) is 6.04 Å². The number of hydrogen-bond donors (Lipinski definition) is 1. The van der Waals surface area contributed by atoms with E-state index in [1.54, 1.807) is 6.07 Å². The zero-order valence-electron chi connectivity index (χ0n) is 13.8. The van der Waals surface area contributed by atoms with Gasteiger partial charge >= 0.3 is 0 Å². The van der Waals surface area contributed by atoms with Crippen LogP contribution >= 0.6 is 11.8 Å². The van der Waals surface area contributed by atoms with Crippen LogP contribution in [-0.4, -0.2) is 17.6 Å². The molecule has 1 fully saturated rings. The van der Waals surface area contributed by atoms with Crippen molar-refractivity contribution in [2.75, 3.05) is 16.8 Å². The highest BCUT2D eigenvalue weighted by molar-refractivity contribution is 8.00. The molecule has 3 atom stereocenters. The molecule has 5 rings (SSSR count). The highest BCUT2D eigenvalue weighted by Crippen LogP contribution is 2.50. The molecule has 128 valence electrons. The minimum absolute atomic E-state index is 0.160. The molecule has 1 aliphatic carbocycles. The van der Waals surface area contributed by atoms with Crippen molar-refractivity contribution in [2.45, 2.75) is 24.5 Å². The SMILES string of the molecule is Fc1ccc2c(c1)[C@H]1C=CC[C@@H]1[C@H](c1cccc(OC3CSC3)c1)N2. The molecule has 25 heavy (non-hydrogen) atoms. The van der Waals surface area contributed by atoms with Crippen LogP contribution in [0.1, 0.15) is 29.5 Å². The van der Waals surface area contributed by atoms with Gasteiger partial charge in [-0.05, 0) is 53.8 Å². The maximum atomic E-state index is 13.7. The lowest BCUT2D eigenvalue weighted by Crippen LogP contribution is -2.31. The lowest BCUT2D eigenvalue weighted by molar-refractivity contribution is 0.240. The fourth-order valence-electron chi connectivity index (χ4n) is 4.15. The van der Waals surface area contributed by atoms with Crippen LogP contribution in [0.25, 0.3) is 0 Å². The van der Waals surface area contributed by atoms with Crippen LogP contribution in [0, 0.1) is 11.7 Å². The van der Waals surface area contributed by atoms with Gasteiger partial charge in [0.2, 0.25) is 0 Å². The van der Waals surface area contributed by atoms with E-state index in [-0.39, 0.29) is 17.8 Å². The van der Waals surface area contributed by atoms with E-state index >= 15 is 0 Å². The van der Waals surface area contributed by atoms with E-state index in [1.165, 1.54) is 11.6 Å². The number of hydrogen-bond acceptors (Lipinski definition) is 3. The predicted octanol–water partition coefficient (Wildman–Crippen LogP) is 5.15. The molecule has 0 aromatic heterocycles. The first-order valence-corrected chi connectivity index (χ1v) is 10.0. The first kappa shape index (κ1) is 15.3. The Morgan fingerprint density at radius 3 is 2.88 bits per heavy atom. The highest BCUT2D eigenvalue weighted by atomic mass is 32.2. The van der Waals surface area contributed by atoms with Crippen LogP contribution in [0.2, 0.25) is 0 Å². The molecule has 0 bridgehead atoms. The summed E-state index contributed by atoms with van der Waals surface area (Å²) in [6, 6.07) is 13.8. The normalized spacial score (nSPS) is 27.2. The number of benzene rings is 2. The summed E-state index contributed by atoms with van der Waals surface area (Å²) in [7, 11) is 0. The van der Waals surface area contributed by atoms with Gasteiger partial charge in [-0.1, -0.05) is 24.3 Å². The number of fused-ring (bicyclic) bond motifs is 3. The van der Waals surface area contributed by atoms with Crippen molar-refractivity contribution in [3.63, 3.8) is 0 Å². The topological polar surface area (TPSA) is 21.3 Å². The first-order valence-electron chi connectivity index (χ1n) is 8.85. The Kier molecular flexibility index (Phi) is 3.74. The lowest BCUT2D eigenvalue weighted by atomic mass is 9.77. The van der Waals surface area contributed by atoms with Crippen molar-refractivity contribution in [1.29, 1.82) is 0 Å². The monoisotopic (exact) mass is 353 g/mol. The van der Waals surface area contributed by atoms with Crippen molar-refractivity contribution >= 4 is 17.4 Å². The smallest absolute Gasteiger partial charge is 0.123 e. The average Bonchev–Trinajstić information content (AvgIpc) is 3.08. The van der Waals surface area contributed by atoms with Gasteiger partial charge in [-0.25, -0.2) is 4.39 Å². The van der Waals surface area contributed by atoms with Gasteiger partial charge in [-0.3, -0.25) is 0 Å². The molecule has 0 unspecified atom stereocenters. The van der Waals surface area contributed by atoms with Gasteiger partial charge in [-0.2, -0.15) is 11.8 Å². The van der Waals surface area contributed by atoms with E-state index in [0.29, 0.717) is 12.0 Å². The fraction of sp³-hybridized carbons (Fsp3) is 0.333. The number of nitrogens with one attached hydrogen (secondary N) is 1. The molecule has 2 heterocycles. The van der Waals surface area contributed by atoms with E-state index in [1.807, 2.05) is 23.9 Å². The number of rotatable bonds is 3. The molecular weight excluding hydrogens is 333 g/mol. The Bertz CT molecular complexity index is 832. The zero-order valence-corrected chi connectivity index (χ0v) is 14.6. The second-order valence-corrected chi connectivity index (χ2v) is 8.13. The Balaban J connectivity index is 1.48. The maximum Gasteiger partial charge on any atom is 0.123 e. The second-order valence-electron chi connectivity index (χ2n) is 7.06. The van der Waals surface area contributed by atoms with Crippen molar-refractivity contribution in [2.24, 2.45) is 5.92 Å². The molecule has 1 saturated heterocycles. The molecule has 2 nitrogen and oxygen atoms in total. The van der Waals surface area contributed by atoms with Crippen LogP contribution in [-0.2, 0) is 0 Å². The zero-order chi connectivity index (χ0) is 16.8. The van der Waals surface area contributed by atoms with Crippen LogP contribution in [0.5, 0.6) is 5.75 Å². The minimum Gasteiger partial charge on any atom is -0.489 e. The highest BCUT2D eigenvalue weighted by Gasteiger charge is 2.38. The van der Waals surface area contributed by atoms with Gasteiger partial charge in [0.25, 0.3) is 0 Å². The minimum atomic E-state index is -0.160. The number of halogens is 1. The molecule has 3 aliphatic rings. The van der Waals surface area contributed by atoms with Crippen LogP contribution < -0.4 is 10.1 Å². The molecule has 4 heteroatoms. The Hall–Kier alpha value is -1.94. The van der Waals surface area contributed by atoms with Crippen LogP contribution in [0.4, 0.5) is 10.1 Å². The van der Waals surface area contributed by atoms with Gasteiger partial charge in [-0.15, -0.1) is 0 Å². The number of anilines is 1. The maximum absolute atomic E-state index is 13.7. The summed E-state index contributed by atoms with van der Waals surface area (Å²) in [5.41, 5.74) is 3.37. The predicted molar refractivity (Wildman–Crippen MR) is 101 cm³/mol. The van der Waals surface area contributed by atoms with Crippen molar-refractivity contribution in [3.05, 3.63) is 71.6 Å². The van der Waals surface area contributed by atoms with Crippen molar-refractivity contribution in [1.82, 2.24) is 0 Å². The van der Waals surface area contributed by atoms with E-state index in [4.69, 9.17) is 4.74 Å². The molecule has 0 saturated carbocycles. The molecule has 0 spiro atoms. The van der Waals surface area contributed by atoms with E-state index in [2.05, 4.69) is 35.7 Å². The number of allylic oxidation sites excluding steroid dienone is 2. The Morgan fingerprint density at radius 2 is 2.04 bits per heavy atom. The van der Waals surface area contributed by atoms with E-state index < -0.39 is 0 Å². The second kappa shape index (κ2) is 6.10. The third-order valence-electron chi connectivity index (χ3n) is 5.45. The third-order valence-corrected chi connectivity index (χ3v) is 6.67. The van der Waals surface area contributed by atoms with Crippen molar-refractivity contribution in [3.8, 4) is 5.75 Å². The summed E-state index contributed by atoms with van der Waals surface area (Å²) < 4.78 is 19.8. The molecule has 2 aromatic rings.